The zero-order valence-electron chi connectivity index (χ0n) is 15.7. The number of aliphatic imine (C=N–C) groups is 1. The predicted octanol–water partition coefficient (Wildman–Crippen LogP) is 1.53. The van der Waals surface area contributed by atoms with E-state index in [1.807, 2.05) is 0 Å². The fourth-order valence-corrected chi connectivity index (χ4v) is 5.82. The highest BCUT2D eigenvalue weighted by Gasteiger charge is 2.34. The van der Waals surface area contributed by atoms with E-state index < -0.39 is 9.84 Å². The van der Waals surface area contributed by atoms with Crippen LogP contribution in [-0.2, 0) is 14.6 Å². The number of rotatable bonds is 5. The third kappa shape index (κ3) is 5.09. The van der Waals surface area contributed by atoms with Gasteiger partial charge >= 0.3 is 0 Å². The van der Waals surface area contributed by atoms with E-state index in [1.54, 1.807) is 0 Å². The summed E-state index contributed by atoms with van der Waals surface area (Å²) in [7, 11) is -2.83. The maximum atomic E-state index is 11.7. The first-order chi connectivity index (χ1) is 11.9. The van der Waals surface area contributed by atoms with Crippen molar-refractivity contribution in [3.05, 3.63) is 0 Å². The second-order valence-electron chi connectivity index (χ2n) is 8.38. The number of nitrogens with zero attached hydrogens (tertiary/aromatic N) is 2. The second kappa shape index (κ2) is 7.82. The Labute approximate surface area is 152 Å². The molecule has 7 heteroatoms. The van der Waals surface area contributed by atoms with E-state index in [-0.39, 0.29) is 5.92 Å². The van der Waals surface area contributed by atoms with E-state index in [2.05, 4.69) is 24.1 Å². The van der Waals surface area contributed by atoms with E-state index in [0.29, 0.717) is 29.4 Å². The van der Waals surface area contributed by atoms with Gasteiger partial charge < -0.3 is 15.0 Å². The Morgan fingerprint density at radius 3 is 2.80 bits per heavy atom. The van der Waals surface area contributed by atoms with Gasteiger partial charge in [0.1, 0.15) is 0 Å². The first-order valence-corrected chi connectivity index (χ1v) is 11.5. The van der Waals surface area contributed by atoms with E-state index in [0.717, 1.165) is 51.6 Å². The van der Waals surface area contributed by atoms with Crippen LogP contribution in [0.3, 0.4) is 0 Å². The molecule has 144 valence electrons. The molecule has 6 nitrogen and oxygen atoms in total. The fraction of sp³-hybridized carbons (Fsp3) is 0.944. The zero-order chi connectivity index (χ0) is 17.9. The molecule has 3 heterocycles. The molecule has 0 radical (unpaired) electrons. The molecule has 25 heavy (non-hydrogen) atoms. The molecule has 0 aromatic carbocycles. The Hall–Kier alpha value is -0.820. The van der Waals surface area contributed by atoms with Crippen LogP contribution in [0.4, 0.5) is 0 Å². The van der Waals surface area contributed by atoms with Gasteiger partial charge in [-0.25, -0.2) is 8.42 Å². The number of hydrogen-bond donors (Lipinski definition) is 1. The number of ether oxygens (including phenoxy) is 1. The van der Waals surface area contributed by atoms with Crippen LogP contribution in [0.15, 0.2) is 4.99 Å². The third-order valence-corrected chi connectivity index (χ3v) is 7.95. The van der Waals surface area contributed by atoms with E-state index in [1.165, 1.54) is 12.8 Å². The highest BCUT2D eigenvalue weighted by Crippen LogP contribution is 2.33. The largest absolute Gasteiger partial charge is 0.381 e. The van der Waals surface area contributed by atoms with Gasteiger partial charge in [-0.2, -0.15) is 0 Å². The molecule has 0 saturated carbocycles. The average molecular weight is 372 g/mol. The van der Waals surface area contributed by atoms with Crippen molar-refractivity contribution in [2.75, 3.05) is 50.9 Å². The zero-order valence-corrected chi connectivity index (χ0v) is 16.5. The monoisotopic (exact) mass is 371 g/mol. The molecule has 0 aromatic rings. The molecule has 3 atom stereocenters. The average Bonchev–Trinajstić information content (AvgIpc) is 3.29. The highest BCUT2D eigenvalue weighted by molar-refractivity contribution is 7.91. The van der Waals surface area contributed by atoms with Gasteiger partial charge in [-0.15, -0.1) is 0 Å². The van der Waals surface area contributed by atoms with Crippen LogP contribution in [0, 0.1) is 17.3 Å². The predicted molar refractivity (Wildman–Crippen MR) is 101 cm³/mol. The van der Waals surface area contributed by atoms with Gasteiger partial charge in [0.15, 0.2) is 15.8 Å². The van der Waals surface area contributed by atoms with Crippen molar-refractivity contribution in [3.63, 3.8) is 0 Å². The lowest BCUT2D eigenvalue weighted by atomic mass is 9.87. The van der Waals surface area contributed by atoms with Gasteiger partial charge in [0, 0.05) is 38.7 Å². The van der Waals surface area contributed by atoms with E-state index >= 15 is 0 Å². The van der Waals surface area contributed by atoms with E-state index in [4.69, 9.17) is 9.73 Å². The van der Waals surface area contributed by atoms with Crippen LogP contribution >= 0.6 is 0 Å². The Morgan fingerprint density at radius 2 is 2.20 bits per heavy atom. The van der Waals surface area contributed by atoms with Crippen molar-refractivity contribution in [2.45, 2.75) is 39.5 Å². The smallest absolute Gasteiger partial charge is 0.193 e. The summed E-state index contributed by atoms with van der Waals surface area (Å²) in [5.41, 5.74) is 0.357. The summed E-state index contributed by atoms with van der Waals surface area (Å²) in [5.74, 6) is 2.32. The minimum absolute atomic E-state index is 0.178. The summed E-state index contributed by atoms with van der Waals surface area (Å²) in [6, 6.07) is 0. The first kappa shape index (κ1) is 19.0. The molecule has 0 bridgehead atoms. The van der Waals surface area contributed by atoms with Crippen molar-refractivity contribution in [1.29, 1.82) is 0 Å². The maximum absolute atomic E-state index is 11.7. The molecule has 1 N–H and O–H groups in total. The molecule has 3 fully saturated rings. The summed E-state index contributed by atoms with van der Waals surface area (Å²) in [5, 5.41) is 3.56. The topological polar surface area (TPSA) is 71.0 Å². The van der Waals surface area contributed by atoms with Crippen LogP contribution in [0.25, 0.3) is 0 Å². The quantitative estimate of drug-likeness (QED) is 0.586. The van der Waals surface area contributed by atoms with Crippen LogP contribution in [0.1, 0.15) is 39.5 Å². The minimum Gasteiger partial charge on any atom is -0.381 e. The molecule has 3 rings (SSSR count). The molecular weight excluding hydrogens is 338 g/mol. The summed E-state index contributed by atoms with van der Waals surface area (Å²) in [4.78, 5) is 7.20. The molecule has 3 unspecified atom stereocenters. The number of likely N-dealkylation sites (tertiary alicyclic amines) is 1. The van der Waals surface area contributed by atoms with Gasteiger partial charge in [0.05, 0.1) is 18.1 Å². The minimum atomic E-state index is -2.83. The summed E-state index contributed by atoms with van der Waals surface area (Å²) in [6.07, 6.45) is 4.22. The van der Waals surface area contributed by atoms with Crippen LogP contribution in [-0.4, -0.2) is 70.2 Å². The number of sulfone groups is 1. The summed E-state index contributed by atoms with van der Waals surface area (Å²) >= 11 is 0. The van der Waals surface area contributed by atoms with Crippen molar-refractivity contribution in [1.82, 2.24) is 10.2 Å². The molecule has 0 aliphatic carbocycles. The lowest BCUT2D eigenvalue weighted by Crippen LogP contribution is -2.43. The Morgan fingerprint density at radius 1 is 1.36 bits per heavy atom. The van der Waals surface area contributed by atoms with Gasteiger partial charge in [-0.1, -0.05) is 13.8 Å². The fourth-order valence-electron chi connectivity index (χ4n) is 3.97. The highest BCUT2D eigenvalue weighted by atomic mass is 32.2. The summed E-state index contributed by atoms with van der Waals surface area (Å²) < 4.78 is 28.8. The molecule has 3 aliphatic heterocycles. The standard InChI is InChI=1S/C18H33N3O3S/c1-3-18(2)6-7-21(14-18)17(19-10-15-4-8-24-12-15)20-11-16-5-9-25(22,23)13-16/h15-16H,3-14H2,1-2H3,(H,19,20). The molecule has 3 saturated heterocycles. The molecular formula is C18H33N3O3S. The van der Waals surface area contributed by atoms with Crippen molar-refractivity contribution >= 4 is 15.8 Å². The Bertz CT molecular complexity index is 586. The number of guanidine groups is 1. The van der Waals surface area contributed by atoms with Gasteiger partial charge in [-0.05, 0) is 37.0 Å². The SMILES string of the molecule is CCC1(C)CCN(C(=NCC2CCS(=O)(=O)C2)NCC2CCOC2)C1. The van der Waals surface area contributed by atoms with Gasteiger partial charge in [0.25, 0.3) is 0 Å². The van der Waals surface area contributed by atoms with Crippen LogP contribution in [0.5, 0.6) is 0 Å². The van der Waals surface area contributed by atoms with Gasteiger partial charge in [-0.3, -0.25) is 4.99 Å². The van der Waals surface area contributed by atoms with Gasteiger partial charge in [0.2, 0.25) is 0 Å². The van der Waals surface area contributed by atoms with Crippen molar-refractivity contribution in [2.24, 2.45) is 22.2 Å². The van der Waals surface area contributed by atoms with Crippen molar-refractivity contribution in [3.8, 4) is 0 Å². The van der Waals surface area contributed by atoms with Crippen LogP contribution < -0.4 is 5.32 Å². The normalized spacial score (nSPS) is 35.4. The van der Waals surface area contributed by atoms with Crippen LogP contribution in [0.2, 0.25) is 0 Å². The maximum Gasteiger partial charge on any atom is 0.193 e. The second-order valence-corrected chi connectivity index (χ2v) is 10.6. The number of nitrogens with one attached hydrogen (secondary N) is 1. The molecule has 3 aliphatic rings. The first-order valence-electron chi connectivity index (χ1n) is 9.70. The lowest BCUT2D eigenvalue weighted by Gasteiger charge is -2.26. The Balaban J connectivity index is 1.62. The molecule has 0 spiro atoms. The number of hydrogen-bond acceptors (Lipinski definition) is 4. The third-order valence-electron chi connectivity index (χ3n) is 6.11. The Kier molecular flexibility index (Phi) is 5.93. The summed E-state index contributed by atoms with van der Waals surface area (Å²) in [6.45, 7) is 9.85. The lowest BCUT2D eigenvalue weighted by molar-refractivity contribution is 0.186. The van der Waals surface area contributed by atoms with Crippen molar-refractivity contribution < 1.29 is 13.2 Å². The molecule has 0 aromatic heterocycles. The molecule has 0 amide bonds. The van der Waals surface area contributed by atoms with E-state index in [9.17, 15) is 8.42 Å².